The lowest BCUT2D eigenvalue weighted by atomic mass is 10.1. The second-order valence-electron chi connectivity index (χ2n) is 3.14. The van der Waals surface area contributed by atoms with Crippen LogP contribution in [0.4, 0.5) is 0 Å². The lowest BCUT2D eigenvalue weighted by Gasteiger charge is -2.08. The summed E-state index contributed by atoms with van der Waals surface area (Å²) in [5, 5.41) is 8.60. The normalized spacial score (nSPS) is 12.5. The number of aliphatic carboxylic acids is 1. The van der Waals surface area contributed by atoms with Gasteiger partial charge in [-0.2, -0.15) is 0 Å². The summed E-state index contributed by atoms with van der Waals surface area (Å²) >= 11 is 0. The molecule has 1 aromatic carbocycles. The first-order valence-corrected chi connectivity index (χ1v) is 5.58. The van der Waals surface area contributed by atoms with E-state index in [2.05, 4.69) is 4.52 Å². The van der Waals surface area contributed by atoms with Crippen molar-refractivity contribution in [2.45, 2.75) is 12.5 Å². The molecule has 0 aliphatic rings. The Labute approximate surface area is 93.3 Å². The van der Waals surface area contributed by atoms with Crippen LogP contribution in [-0.4, -0.2) is 26.9 Å². The van der Waals surface area contributed by atoms with E-state index in [1.165, 1.54) is 12.1 Å². The smallest absolute Gasteiger partial charge is 0.391 e. The highest BCUT2D eigenvalue weighted by Crippen LogP contribution is 2.28. The van der Waals surface area contributed by atoms with Crippen LogP contribution in [-0.2, 0) is 11.2 Å². The van der Waals surface area contributed by atoms with E-state index in [0.717, 1.165) is 5.56 Å². The molecule has 5 N–H and O–H groups in total. The molecule has 0 saturated carbocycles. The van der Waals surface area contributed by atoms with E-state index in [1.54, 1.807) is 12.1 Å². The van der Waals surface area contributed by atoms with E-state index in [-0.39, 0.29) is 6.42 Å². The lowest BCUT2D eigenvalue weighted by molar-refractivity contribution is -0.138. The quantitative estimate of drug-likeness (QED) is 0.552. The minimum absolute atomic E-state index is 0.211. The van der Waals surface area contributed by atoms with Crippen molar-refractivity contribution in [2.24, 2.45) is 5.73 Å². The Bertz CT molecular complexity index is 353. The van der Waals surface area contributed by atoms with Crippen LogP contribution in [0.3, 0.4) is 0 Å². The maximum Gasteiger partial charge on any atom is 0.391 e. The molecular formula is C9H12NO5P. The van der Waals surface area contributed by atoms with Crippen molar-refractivity contribution in [1.82, 2.24) is 0 Å². The molecule has 1 atom stereocenters. The topological polar surface area (TPSA) is 113 Å². The Morgan fingerprint density at radius 3 is 2.38 bits per heavy atom. The standard InChI is InChI=1S/C9H12NO5P/c10-8(9(11)12)5-6-1-3-7(4-2-6)15-16(13)14/h1-4,8,13-14H,5,10H2,(H,11,12). The van der Waals surface area contributed by atoms with Gasteiger partial charge in [-0.05, 0) is 24.1 Å². The van der Waals surface area contributed by atoms with E-state index in [4.69, 9.17) is 20.6 Å². The highest BCUT2D eigenvalue weighted by atomic mass is 31.2. The van der Waals surface area contributed by atoms with Gasteiger partial charge in [0.15, 0.2) is 0 Å². The van der Waals surface area contributed by atoms with Gasteiger partial charge in [0.05, 0.1) is 0 Å². The largest absolute Gasteiger partial charge is 0.480 e. The number of hydrogen-bond acceptors (Lipinski definition) is 5. The number of benzene rings is 1. The van der Waals surface area contributed by atoms with E-state index in [0.29, 0.717) is 5.75 Å². The second kappa shape index (κ2) is 5.77. The molecule has 0 heterocycles. The molecule has 1 unspecified atom stereocenters. The Kier molecular flexibility index (Phi) is 4.64. The summed E-state index contributed by atoms with van der Waals surface area (Å²) in [6, 6.07) is 5.34. The van der Waals surface area contributed by atoms with Crippen molar-refractivity contribution >= 4 is 14.6 Å². The van der Waals surface area contributed by atoms with Crippen molar-refractivity contribution in [3.63, 3.8) is 0 Å². The highest BCUT2D eigenvalue weighted by molar-refractivity contribution is 7.39. The fraction of sp³-hybridized carbons (Fsp3) is 0.222. The molecule has 16 heavy (non-hydrogen) atoms. The second-order valence-corrected chi connectivity index (χ2v) is 3.82. The van der Waals surface area contributed by atoms with E-state index in [9.17, 15) is 4.79 Å². The molecule has 88 valence electrons. The van der Waals surface area contributed by atoms with Crippen LogP contribution in [0, 0.1) is 0 Å². The summed E-state index contributed by atoms with van der Waals surface area (Å²) in [5.41, 5.74) is 6.10. The van der Waals surface area contributed by atoms with Crippen molar-refractivity contribution in [3.05, 3.63) is 29.8 Å². The Balaban J connectivity index is 2.61. The van der Waals surface area contributed by atoms with Gasteiger partial charge in [-0.3, -0.25) is 4.79 Å². The van der Waals surface area contributed by atoms with Crippen LogP contribution in [0.25, 0.3) is 0 Å². The van der Waals surface area contributed by atoms with Crippen LogP contribution >= 0.6 is 8.60 Å². The predicted molar refractivity (Wildman–Crippen MR) is 57.7 cm³/mol. The Morgan fingerprint density at radius 2 is 1.94 bits per heavy atom. The maximum atomic E-state index is 10.5. The average Bonchev–Trinajstić information content (AvgIpc) is 2.20. The monoisotopic (exact) mass is 245 g/mol. The number of carboxylic acid groups (broad SMARTS) is 1. The molecule has 0 radical (unpaired) electrons. The highest BCUT2D eigenvalue weighted by Gasteiger charge is 2.12. The Morgan fingerprint density at radius 1 is 1.38 bits per heavy atom. The van der Waals surface area contributed by atoms with Crippen LogP contribution in [0.15, 0.2) is 24.3 Å². The molecule has 0 aliphatic heterocycles. The summed E-state index contributed by atoms with van der Waals surface area (Å²) in [7, 11) is -2.43. The first-order chi connectivity index (χ1) is 7.49. The van der Waals surface area contributed by atoms with Gasteiger partial charge >= 0.3 is 14.6 Å². The molecule has 1 rings (SSSR count). The summed E-state index contributed by atoms with van der Waals surface area (Å²) < 4.78 is 4.65. The fourth-order valence-electron chi connectivity index (χ4n) is 1.12. The van der Waals surface area contributed by atoms with Crippen molar-refractivity contribution in [3.8, 4) is 5.75 Å². The van der Waals surface area contributed by atoms with Gasteiger partial charge in [0, 0.05) is 0 Å². The molecule has 7 heteroatoms. The third kappa shape index (κ3) is 4.12. The molecule has 0 aliphatic carbocycles. The third-order valence-electron chi connectivity index (χ3n) is 1.88. The number of carbonyl (C=O) groups is 1. The number of carboxylic acids is 1. The van der Waals surface area contributed by atoms with Crippen LogP contribution in [0.2, 0.25) is 0 Å². The zero-order valence-electron chi connectivity index (χ0n) is 8.28. The zero-order chi connectivity index (χ0) is 12.1. The van der Waals surface area contributed by atoms with Crippen molar-refractivity contribution in [2.75, 3.05) is 0 Å². The molecule has 0 saturated heterocycles. The van der Waals surface area contributed by atoms with Crippen molar-refractivity contribution < 1.29 is 24.2 Å². The zero-order valence-corrected chi connectivity index (χ0v) is 9.17. The number of hydrogen-bond donors (Lipinski definition) is 4. The molecule has 1 aromatic rings. The van der Waals surface area contributed by atoms with Crippen LogP contribution in [0.1, 0.15) is 5.56 Å². The minimum Gasteiger partial charge on any atom is -0.480 e. The van der Waals surface area contributed by atoms with Gasteiger partial charge in [-0.25, -0.2) is 0 Å². The predicted octanol–water partition coefficient (Wildman–Crippen LogP) is 0.231. The van der Waals surface area contributed by atoms with E-state index >= 15 is 0 Å². The van der Waals surface area contributed by atoms with Gasteiger partial charge in [0.1, 0.15) is 11.8 Å². The fourth-order valence-corrected chi connectivity index (χ4v) is 1.43. The van der Waals surface area contributed by atoms with Gasteiger partial charge in [-0.15, -0.1) is 0 Å². The summed E-state index contributed by atoms with van der Waals surface area (Å²) in [6.07, 6.45) is 0.211. The van der Waals surface area contributed by atoms with Gasteiger partial charge in [-0.1, -0.05) is 12.1 Å². The van der Waals surface area contributed by atoms with E-state index in [1.807, 2.05) is 0 Å². The molecule has 0 spiro atoms. The Hall–Kier alpha value is -1.20. The molecule has 0 amide bonds. The SMILES string of the molecule is NC(Cc1ccc(OP(O)O)cc1)C(=O)O. The molecule has 0 aromatic heterocycles. The van der Waals surface area contributed by atoms with E-state index < -0.39 is 20.6 Å². The summed E-state index contributed by atoms with van der Waals surface area (Å²) in [5.74, 6) is -0.752. The number of rotatable bonds is 5. The molecular weight excluding hydrogens is 233 g/mol. The van der Waals surface area contributed by atoms with Gasteiger partial charge in [0.25, 0.3) is 0 Å². The first-order valence-electron chi connectivity index (χ1n) is 4.42. The summed E-state index contributed by atoms with van der Waals surface area (Å²) in [6.45, 7) is 0. The van der Waals surface area contributed by atoms with Crippen LogP contribution in [0.5, 0.6) is 5.75 Å². The molecule has 0 fully saturated rings. The number of nitrogens with two attached hydrogens (primary N) is 1. The minimum atomic E-state index is -2.43. The average molecular weight is 245 g/mol. The summed E-state index contributed by atoms with van der Waals surface area (Å²) in [4.78, 5) is 27.7. The third-order valence-corrected chi connectivity index (χ3v) is 2.26. The van der Waals surface area contributed by atoms with Gasteiger partial charge < -0.3 is 25.2 Å². The first kappa shape index (κ1) is 12.9. The lowest BCUT2D eigenvalue weighted by Crippen LogP contribution is -2.32. The van der Waals surface area contributed by atoms with Gasteiger partial charge in [0.2, 0.25) is 0 Å². The van der Waals surface area contributed by atoms with Crippen LogP contribution < -0.4 is 10.3 Å². The molecule has 0 bridgehead atoms. The van der Waals surface area contributed by atoms with Crippen molar-refractivity contribution in [1.29, 1.82) is 0 Å². The maximum absolute atomic E-state index is 10.5. The molecule has 6 nitrogen and oxygen atoms in total.